The van der Waals surface area contributed by atoms with Gasteiger partial charge in [0, 0.05) is 6.04 Å². The van der Waals surface area contributed by atoms with Gasteiger partial charge in [-0.3, -0.25) is 0 Å². The second kappa shape index (κ2) is 5.42. The molecule has 6 heteroatoms. The maximum absolute atomic E-state index is 12.5. The highest BCUT2D eigenvalue weighted by atomic mass is 32.2. The van der Waals surface area contributed by atoms with Crippen LogP contribution in [0.1, 0.15) is 36.0 Å². The Morgan fingerprint density at radius 2 is 2.10 bits per heavy atom. The summed E-state index contributed by atoms with van der Waals surface area (Å²) in [5.74, 6) is 0.602. The number of carbonyl (C=O) groups excluding carboxylic acids is 1. The predicted octanol–water partition coefficient (Wildman–Crippen LogP) is 1.94. The van der Waals surface area contributed by atoms with E-state index in [1.807, 2.05) is 0 Å². The summed E-state index contributed by atoms with van der Waals surface area (Å²) < 4.78 is 32.4. The number of rotatable bonds is 4. The highest BCUT2D eigenvalue weighted by molar-refractivity contribution is 7.89. The van der Waals surface area contributed by atoms with Crippen LogP contribution in [0.15, 0.2) is 29.2 Å². The van der Waals surface area contributed by atoms with Gasteiger partial charge in [-0.05, 0) is 49.3 Å². The molecule has 5 nitrogen and oxygen atoms in total. The largest absolute Gasteiger partial charge is 0.465 e. The van der Waals surface area contributed by atoms with E-state index in [4.69, 9.17) is 0 Å². The summed E-state index contributed by atoms with van der Waals surface area (Å²) in [5, 5.41) is 0. The quantitative estimate of drug-likeness (QED) is 0.863. The summed E-state index contributed by atoms with van der Waals surface area (Å²) >= 11 is 0. The van der Waals surface area contributed by atoms with Gasteiger partial charge in [0.25, 0.3) is 0 Å². The number of benzene rings is 1. The first kappa shape index (κ1) is 14.5. The fraction of sp³-hybridized carbons (Fsp3) is 0.533. The summed E-state index contributed by atoms with van der Waals surface area (Å²) in [4.78, 5) is 11.6. The monoisotopic (exact) mass is 309 g/mol. The van der Waals surface area contributed by atoms with Crippen molar-refractivity contribution in [2.75, 3.05) is 7.11 Å². The number of esters is 1. The fourth-order valence-corrected chi connectivity index (χ4v) is 4.93. The molecule has 2 fully saturated rings. The molecule has 0 heterocycles. The van der Waals surface area contributed by atoms with Crippen LogP contribution in [0.4, 0.5) is 0 Å². The van der Waals surface area contributed by atoms with E-state index in [1.165, 1.54) is 25.7 Å². The standard InChI is InChI=1S/C15H19NO4S/c1-20-15(17)12-3-2-4-13(9-12)21(18,19)16-14-8-10-5-6-11(14)7-10/h2-4,9-11,14,16H,5-8H2,1H3/t10-,11+,14-/m0/s1. The average Bonchev–Trinajstić information content (AvgIpc) is 3.08. The molecule has 0 spiro atoms. The molecule has 2 aliphatic rings. The molecule has 0 aliphatic heterocycles. The molecule has 2 saturated carbocycles. The number of ether oxygens (including phenoxy) is 1. The Balaban J connectivity index is 1.80. The zero-order valence-electron chi connectivity index (χ0n) is 11.9. The van der Waals surface area contributed by atoms with E-state index in [0.717, 1.165) is 19.3 Å². The van der Waals surface area contributed by atoms with Gasteiger partial charge in [-0.1, -0.05) is 12.5 Å². The number of hydrogen-bond donors (Lipinski definition) is 1. The fourth-order valence-electron chi connectivity index (χ4n) is 3.56. The van der Waals surface area contributed by atoms with Crippen molar-refractivity contribution in [3.05, 3.63) is 29.8 Å². The average molecular weight is 309 g/mol. The van der Waals surface area contributed by atoms with E-state index in [0.29, 0.717) is 11.8 Å². The van der Waals surface area contributed by atoms with E-state index >= 15 is 0 Å². The Hall–Kier alpha value is -1.40. The Morgan fingerprint density at radius 3 is 2.71 bits per heavy atom. The van der Waals surface area contributed by atoms with Gasteiger partial charge in [0.15, 0.2) is 0 Å². The van der Waals surface area contributed by atoms with Crippen LogP contribution < -0.4 is 4.72 Å². The Kier molecular flexibility index (Phi) is 3.75. The van der Waals surface area contributed by atoms with Crippen LogP contribution in [-0.4, -0.2) is 27.5 Å². The number of methoxy groups -OCH3 is 1. The molecule has 0 aromatic heterocycles. The zero-order chi connectivity index (χ0) is 15.0. The van der Waals surface area contributed by atoms with Crippen LogP contribution in [0.25, 0.3) is 0 Å². The van der Waals surface area contributed by atoms with Crippen molar-refractivity contribution in [2.24, 2.45) is 11.8 Å². The molecular weight excluding hydrogens is 290 g/mol. The third-order valence-electron chi connectivity index (χ3n) is 4.61. The molecule has 2 bridgehead atoms. The van der Waals surface area contributed by atoms with Gasteiger partial charge in [-0.15, -0.1) is 0 Å². The highest BCUT2D eigenvalue weighted by Gasteiger charge is 2.41. The maximum atomic E-state index is 12.5. The minimum atomic E-state index is -3.59. The number of hydrogen-bond acceptors (Lipinski definition) is 4. The Labute approximate surface area is 124 Å². The number of fused-ring (bicyclic) bond motifs is 2. The minimum Gasteiger partial charge on any atom is -0.465 e. The van der Waals surface area contributed by atoms with Gasteiger partial charge < -0.3 is 4.74 Å². The lowest BCUT2D eigenvalue weighted by molar-refractivity contribution is 0.0600. The van der Waals surface area contributed by atoms with Crippen molar-refractivity contribution in [3.8, 4) is 0 Å². The molecule has 0 saturated heterocycles. The van der Waals surface area contributed by atoms with Crippen LogP contribution in [0.5, 0.6) is 0 Å². The van der Waals surface area contributed by atoms with E-state index in [1.54, 1.807) is 12.1 Å². The van der Waals surface area contributed by atoms with Crippen LogP contribution in [0.3, 0.4) is 0 Å². The van der Waals surface area contributed by atoms with E-state index in [-0.39, 0.29) is 16.5 Å². The molecular formula is C15H19NO4S. The number of carbonyl (C=O) groups is 1. The van der Waals surface area contributed by atoms with Crippen LogP contribution in [-0.2, 0) is 14.8 Å². The molecule has 2 aliphatic carbocycles. The molecule has 1 aromatic rings. The summed E-state index contributed by atoms with van der Waals surface area (Å²) in [6, 6.07) is 6.00. The summed E-state index contributed by atoms with van der Waals surface area (Å²) in [5.41, 5.74) is 0.244. The second-order valence-corrected chi connectivity index (χ2v) is 7.64. The van der Waals surface area contributed by atoms with Gasteiger partial charge in [-0.2, -0.15) is 0 Å². The van der Waals surface area contributed by atoms with Gasteiger partial charge in [0.1, 0.15) is 0 Å². The summed E-state index contributed by atoms with van der Waals surface area (Å²) in [6.07, 6.45) is 4.40. The highest BCUT2D eigenvalue weighted by Crippen LogP contribution is 2.44. The second-order valence-electron chi connectivity index (χ2n) is 5.92. The maximum Gasteiger partial charge on any atom is 0.337 e. The topological polar surface area (TPSA) is 72.5 Å². The van der Waals surface area contributed by atoms with Crippen molar-refractivity contribution in [1.82, 2.24) is 4.72 Å². The van der Waals surface area contributed by atoms with Crippen molar-refractivity contribution >= 4 is 16.0 Å². The third kappa shape index (κ3) is 2.82. The molecule has 1 N–H and O–H groups in total. The van der Waals surface area contributed by atoms with E-state index in [2.05, 4.69) is 9.46 Å². The normalized spacial score (nSPS) is 27.8. The van der Waals surface area contributed by atoms with Gasteiger partial charge in [0.05, 0.1) is 17.6 Å². The van der Waals surface area contributed by atoms with Crippen molar-refractivity contribution in [1.29, 1.82) is 0 Å². The van der Waals surface area contributed by atoms with Gasteiger partial charge >= 0.3 is 5.97 Å². The lowest BCUT2D eigenvalue weighted by Crippen LogP contribution is -2.38. The third-order valence-corrected chi connectivity index (χ3v) is 6.10. The van der Waals surface area contributed by atoms with Gasteiger partial charge in [0.2, 0.25) is 10.0 Å². The molecule has 0 amide bonds. The Bertz CT molecular complexity index is 655. The molecule has 0 radical (unpaired) electrons. The molecule has 114 valence electrons. The summed E-state index contributed by atoms with van der Waals surface area (Å²) in [7, 11) is -2.31. The first-order chi connectivity index (χ1) is 9.99. The van der Waals surface area contributed by atoms with Crippen LogP contribution in [0.2, 0.25) is 0 Å². The van der Waals surface area contributed by atoms with E-state index in [9.17, 15) is 13.2 Å². The first-order valence-electron chi connectivity index (χ1n) is 7.20. The molecule has 3 atom stereocenters. The van der Waals surface area contributed by atoms with Crippen molar-refractivity contribution < 1.29 is 17.9 Å². The van der Waals surface area contributed by atoms with E-state index < -0.39 is 16.0 Å². The smallest absolute Gasteiger partial charge is 0.337 e. The zero-order valence-corrected chi connectivity index (χ0v) is 12.7. The van der Waals surface area contributed by atoms with Crippen molar-refractivity contribution in [2.45, 2.75) is 36.6 Å². The molecule has 21 heavy (non-hydrogen) atoms. The lowest BCUT2D eigenvalue weighted by atomic mass is 9.96. The first-order valence-corrected chi connectivity index (χ1v) is 8.68. The van der Waals surface area contributed by atoms with Crippen molar-refractivity contribution in [3.63, 3.8) is 0 Å². The predicted molar refractivity (Wildman–Crippen MR) is 77.3 cm³/mol. The molecule has 0 unspecified atom stereocenters. The SMILES string of the molecule is COC(=O)c1cccc(S(=O)(=O)N[C@H]2C[C@H]3CC[C@@H]2C3)c1. The van der Waals surface area contributed by atoms with Gasteiger partial charge in [-0.25, -0.2) is 17.9 Å². The minimum absolute atomic E-state index is 0.0375. The Morgan fingerprint density at radius 1 is 1.29 bits per heavy atom. The lowest BCUT2D eigenvalue weighted by Gasteiger charge is -2.22. The molecule has 1 aromatic carbocycles. The van der Waals surface area contributed by atoms with Crippen LogP contribution >= 0.6 is 0 Å². The van der Waals surface area contributed by atoms with Crippen LogP contribution in [0, 0.1) is 11.8 Å². The number of nitrogens with one attached hydrogen (secondary N) is 1. The molecule has 3 rings (SSSR count). The summed E-state index contributed by atoms with van der Waals surface area (Å²) in [6.45, 7) is 0. The number of sulfonamides is 1.